The summed E-state index contributed by atoms with van der Waals surface area (Å²) in [5.74, 6) is 3.72. The minimum absolute atomic E-state index is 0.184. The van der Waals surface area contributed by atoms with Crippen molar-refractivity contribution in [1.82, 2.24) is 15.1 Å². The first kappa shape index (κ1) is 20.8. The molecule has 27 heavy (non-hydrogen) atoms. The van der Waals surface area contributed by atoms with Crippen LogP contribution in [0.25, 0.3) is 0 Å². The Bertz CT molecular complexity index is 515. The third-order valence-electron chi connectivity index (χ3n) is 6.38. The van der Waals surface area contributed by atoms with E-state index < -0.39 is 0 Å². The van der Waals surface area contributed by atoms with E-state index in [0.717, 1.165) is 45.0 Å². The Kier molecular flexibility index (Phi) is 7.70. The standard InChI is InChI=1S/C20H37N5OS/c1-2-22-19(24-9-5-6-17(15-24)14-18(21)26)23-16-20(7-3-4-8-20)25-10-12-27-13-11-25/h17H,2-16H2,1H3,(H2,21,26)(H,22,23). The lowest BCUT2D eigenvalue weighted by Gasteiger charge is -2.43. The molecule has 1 atom stereocenters. The Morgan fingerprint density at radius 3 is 2.63 bits per heavy atom. The molecule has 7 heteroatoms. The summed E-state index contributed by atoms with van der Waals surface area (Å²) in [7, 11) is 0. The van der Waals surface area contributed by atoms with Crippen LogP contribution in [0.2, 0.25) is 0 Å². The summed E-state index contributed by atoms with van der Waals surface area (Å²) in [4.78, 5) is 21.6. The van der Waals surface area contributed by atoms with E-state index in [1.165, 1.54) is 50.3 Å². The van der Waals surface area contributed by atoms with E-state index in [0.29, 0.717) is 12.3 Å². The van der Waals surface area contributed by atoms with Gasteiger partial charge in [-0.3, -0.25) is 14.7 Å². The molecule has 2 aliphatic heterocycles. The Morgan fingerprint density at radius 2 is 1.96 bits per heavy atom. The topological polar surface area (TPSA) is 74.0 Å². The number of piperidine rings is 1. The zero-order valence-corrected chi connectivity index (χ0v) is 17.7. The summed E-state index contributed by atoms with van der Waals surface area (Å²) in [6.07, 6.45) is 7.92. The van der Waals surface area contributed by atoms with Gasteiger partial charge in [0.25, 0.3) is 0 Å². The van der Waals surface area contributed by atoms with Crippen LogP contribution < -0.4 is 11.1 Å². The van der Waals surface area contributed by atoms with E-state index in [2.05, 4.69) is 33.8 Å². The molecule has 6 nitrogen and oxygen atoms in total. The van der Waals surface area contributed by atoms with Gasteiger partial charge in [0.1, 0.15) is 0 Å². The fourth-order valence-electron chi connectivity index (χ4n) is 5.00. The van der Waals surface area contributed by atoms with Crippen LogP contribution in [-0.4, -0.2) is 78.0 Å². The van der Waals surface area contributed by atoms with Gasteiger partial charge < -0.3 is 16.0 Å². The molecule has 0 aromatic carbocycles. The normalized spacial score (nSPS) is 26.9. The molecule has 1 unspecified atom stereocenters. The van der Waals surface area contributed by atoms with Gasteiger partial charge in [0.05, 0.1) is 6.54 Å². The lowest BCUT2D eigenvalue weighted by atomic mass is 9.94. The van der Waals surface area contributed by atoms with Crippen LogP contribution in [0, 0.1) is 5.92 Å². The number of nitrogens with two attached hydrogens (primary N) is 1. The van der Waals surface area contributed by atoms with Gasteiger partial charge in [-0.2, -0.15) is 11.8 Å². The van der Waals surface area contributed by atoms with E-state index in [1.54, 1.807) is 0 Å². The number of thioether (sulfide) groups is 1. The van der Waals surface area contributed by atoms with Gasteiger partial charge in [0, 0.05) is 56.2 Å². The molecule has 154 valence electrons. The van der Waals surface area contributed by atoms with E-state index in [1.807, 2.05) is 0 Å². The van der Waals surface area contributed by atoms with Crippen molar-refractivity contribution in [2.45, 2.75) is 57.4 Å². The smallest absolute Gasteiger partial charge is 0.217 e. The molecule has 0 radical (unpaired) electrons. The number of rotatable bonds is 6. The van der Waals surface area contributed by atoms with Crippen molar-refractivity contribution < 1.29 is 4.79 Å². The van der Waals surface area contributed by atoms with Crippen molar-refractivity contribution >= 4 is 23.6 Å². The van der Waals surface area contributed by atoms with Gasteiger partial charge in [-0.05, 0) is 38.5 Å². The van der Waals surface area contributed by atoms with Crippen molar-refractivity contribution in [2.75, 3.05) is 50.8 Å². The second-order valence-corrected chi connectivity index (χ2v) is 9.55. The molecule has 3 fully saturated rings. The number of primary amides is 1. The Hall–Kier alpha value is -0.950. The fourth-order valence-corrected chi connectivity index (χ4v) is 5.90. The van der Waals surface area contributed by atoms with Crippen LogP contribution in [0.4, 0.5) is 0 Å². The molecule has 3 rings (SSSR count). The Morgan fingerprint density at radius 1 is 1.22 bits per heavy atom. The minimum atomic E-state index is -0.184. The highest BCUT2D eigenvalue weighted by Gasteiger charge is 2.40. The highest BCUT2D eigenvalue weighted by molar-refractivity contribution is 7.99. The van der Waals surface area contributed by atoms with Crippen LogP contribution in [0.15, 0.2) is 4.99 Å². The number of nitrogens with one attached hydrogen (secondary N) is 1. The summed E-state index contributed by atoms with van der Waals surface area (Å²) in [6.45, 7) is 8.24. The fraction of sp³-hybridized carbons (Fsp3) is 0.900. The molecule has 3 N–H and O–H groups in total. The van der Waals surface area contributed by atoms with Crippen molar-refractivity contribution in [3.8, 4) is 0 Å². The minimum Gasteiger partial charge on any atom is -0.370 e. The van der Waals surface area contributed by atoms with Crippen molar-refractivity contribution in [2.24, 2.45) is 16.6 Å². The molecular formula is C20H37N5OS. The molecule has 2 heterocycles. The number of amides is 1. The Balaban J connectivity index is 1.69. The predicted molar refractivity (Wildman–Crippen MR) is 114 cm³/mol. The quantitative estimate of drug-likeness (QED) is 0.531. The predicted octanol–water partition coefficient (Wildman–Crippen LogP) is 1.90. The molecule has 0 aromatic rings. The summed E-state index contributed by atoms with van der Waals surface area (Å²) >= 11 is 2.08. The number of aliphatic imine (C=N–C) groups is 1. The van der Waals surface area contributed by atoms with Gasteiger partial charge in [0.15, 0.2) is 5.96 Å². The summed E-state index contributed by atoms with van der Waals surface area (Å²) < 4.78 is 0. The lowest BCUT2D eigenvalue weighted by Crippen LogP contribution is -2.53. The zero-order chi connectivity index (χ0) is 19.1. The highest BCUT2D eigenvalue weighted by Crippen LogP contribution is 2.37. The van der Waals surface area contributed by atoms with Gasteiger partial charge >= 0.3 is 0 Å². The summed E-state index contributed by atoms with van der Waals surface area (Å²) in [6, 6.07) is 0. The molecule has 0 spiro atoms. The molecule has 3 aliphatic rings. The number of carbonyl (C=O) groups excluding carboxylic acids is 1. The summed E-state index contributed by atoms with van der Waals surface area (Å²) in [5.41, 5.74) is 5.70. The number of carbonyl (C=O) groups is 1. The van der Waals surface area contributed by atoms with Gasteiger partial charge in [0.2, 0.25) is 5.91 Å². The van der Waals surface area contributed by atoms with Crippen molar-refractivity contribution in [3.05, 3.63) is 0 Å². The largest absolute Gasteiger partial charge is 0.370 e. The second-order valence-electron chi connectivity index (χ2n) is 8.33. The Labute approximate surface area is 168 Å². The van der Waals surface area contributed by atoms with Crippen LogP contribution in [0.5, 0.6) is 0 Å². The maximum absolute atomic E-state index is 11.3. The SMILES string of the molecule is CCNC(=NCC1(N2CCSCC2)CCCC1)N1CCCC(CC(N)=O)C1. The molecule has 2 saturated heterocycles. The van der Waals surface area contributed by atoms with Crippen LogP contribution >= 0.6 is 11.8 Å². The number of hydrogen-bond donors (Lipinski definition) is 2. The van der Waals surface area contributed by atoms with Crippen LogP contribution in [0.1, 0.15) is 51.9 Å². The average Bonchev–Trinajstić information content (AvgIpc) is 3.16. The zero-order valence-electron chi connectivity index (χ0n) is 16.9. The lowest BCUT2D eigenvalue weighted by molar-refractivity contribution is -0.119. The highest BCUT2D eigenvalue weighted by atomic mass is 32.2. The maximum atomic E-state index is 11.3. The van der Waals surface area contributed by atoms with Gasteiger partial charge in [-0.15, -0.1) is 0 Å². The maximum Gasteiger partial charge on any atom is 0.217 e. The van der Waals surface area contributed by atoms with E-state index in [4.69, 9.17) is 10.7 Å². The third kappa shape index (κ3) is 5.53. The molecule has 1 amide bonds. The molecule has 1 saturated carbocycles. The van der Waals surface area contributed by atoms with Crippen LogP contribution in [0.3, 0.4) is 0 Å². The first-order valence-corrected chi connectivity index (χ1v) is 11.9. The monoisotopic (exact) mass is 395 g/mol. The number of likely N-dealkylation sites (tertiary alicyclic amines) is 1. The van der Waals surface area contributed by atoms with Gasteiger partial charge in [-0.1, -0.05) is 12.8 Å². The first-order valence-electron chi connectivity index (χ1n) is 10.8. The molecule has 0 bridgehead atoms. The molecule has 1 aliphatic carbocycles. The number of nitrogens with zero attached hydrogens (tertiary/aromatic N) is 3. The summed E-state index contributed by atoms with van der Waals surface area (Å²) in [5, 5.41) is 3.51. The van der Waals surface area contributed by atoms with Crippen LogP contribution in [-0.2, 0) is 4.79 Å². The second kappa shape index (κ2) is 10.0. The molecule has 0 aromatic heterocycles. The van der Waals surface area contributed by atoms with Crippen molar-refractivity contribution in [1.29, 1.82) is 0 Å². The first-order chi connectivity index (χ1) is 13.1. The van der Waals surface area contributed by atoms with Gasteiger partial charge in [-0.25, -0.2) is 0 Å². The number of hydrogen-bond acceptors (Lipinski definition) is 4. The molecular weight excluding hydrogens is 358 g/mol. The average molecular weight is 396 g/mol. The van der Waals surface area contributed by atoms with Crippen molar-refractivity contribution in [3.63, 3.8) is 0 Å². The number of guanidine groups is 1. The third-order valence-corrected chi connectivity index (χ3v) is 7.33. The van der Waals surface area contributed by atoms with E-state index >= 15 is 0 Å². The van der Waals surface area contributed by atoms with E-state index in [-0.39, 0.29) is 11.4 Å². The van der Waals surface area contributed by atoms with E-state index in [9.17, 15) is 4.79 Å².